The third kappa shape index (κ3) is 0.761. The fraction of sp³-hybridized carbons (Fsp3) is 0.286. The second-order valence-corrected chi connectivity index (χ2v) is 2.56. The van der Waals surface area contributed by atoms with Crippen molar-refractivity contribution in [1.29, 1.82) is 0 Å². The minimum Gasteiger partial charge on any atom is -0.475 e. The van der Waals surface area contributed by atoms with Crippen molar-refractivity contribution < 1.29 is 19.2 Å². The van der Waals surface area contributed by atoms with Crippen LogP contribution in [0, 0.1) is 0 Å². The van der Waals surface area contributed by atoms with E-state index in [1.807, 2.05) is 0 Å². The Hall–Kier alpha value is -1.65. The van der Waals surface area contributed by atoms with E-state index in [1.54, 1.807) is 0 Å². The summed E-state index contributed by atoms with van der Waals surface area (Å²) in [5.41, 5.74) is 0.625. The summed E-state index contributed by atoms with van der Waals surface area (Å²) in [4.78, 5) is 21.6. The van der Waals surface area contributed by atoms with Crippen LogP contribution in [0.2, 0.25) is 0 Å². The van der Waals surface area contributed by atoms with Crippen molar-refractivity contribution in [1.82, 2.24) is 5.16 Å². The largest absolute Gasteiger partial charge is 0.475 e. The molecule has 62 valence electrons. The van der Waals surface area contributed by atoms with Crippen LogP contribution in [0.1, 0.15) is 33.0 Å². The average molecular weight is 167 g/mol. The van der Waals surface area contributed by atoms with Crippen LogP contribution in [0.15, 0.2) is 4.52 Å². The van der Waals surface area contributed by atoms with E-state index < -0.39 is 5.97 Å². The summed E-state index contributed by atoms with van der Waals surface area (Å²) in [7, 11) is 0. The normalized spacial score (nSPS) is 14.8. The molecule has 0 fully saturated rings. The Morgan fingerprint density at radius 3 is 2.92 bits per heavy atom. The highest BCUT2D eigenvalue weighted by Gasteiger charge is 2.31. The van der Waals surface area contributed by atoms with Gasteiger partial charge in [0.2, 0.25) is 0 Å². The fourth-order valence-corrected chi connectivity index (χ4v) is 1.28. The molecule has 1 aromatic heterocycles. The number of aryl methyl sites for hydroxylation is 1. The van der Waals surface area contributed by atoms with Gasteiger partial charge in [-0.3, -0.25) is 4.79 Å². The number of fused-ring (bicyclic) bond motifs is 1. The minimum atomic E-state index is -1.24. The lowest BCUT2D eigenvalue weighted by Gasteiger charge is -1.87. The quantitative estimate of drug-likeness (QED) is 0.658. The maximum atomic E-state index is 11.1. The average Bonchev–Trinajstić information content (AvgIpc) is 2.53. The molecule has 0 amide bonds. The number of hydrogen-bond acceptors (Lipinski definition) is 4. The molecule has 5 nitrogen and oxygen atoms in total. The van der Waals surface area contributed by atoms with Gasteiger partial charge in [-0.2, -0.15) is 0 Å². The van der Waals surface area contributed by atoms with Gasteiger partial charge in [0, 0.05) is 12.8 Å². The van der Waals surface area contributed by atoms with Gasteiger partial charge in [0.15, 0.2) is 5.78 Å². The Morgan fingerprint density at radius 1 is 1.50 bits per heavy atom. The number of carbonyl (C=O) groups is 2. The lowest BCUT2D eigenvalue weighted by molar-refractivity contribution is 0.0646. The number of aromatic carboxylic acids is 1. The molecule has 0 aliphatic heterocycles. The highest BCUT2D eigenvalue weighted by molar-refractivity contribution is 6.07. The van der Waals surface area contributed by atoms with Gasteiger partial charge in [0.05, 0.1) is 11.3 Å². The van der Waals surface area contributed by atoms with E-state index in [0.29, 0.717) is 18.5 Å². The van der Waals surface area contributed by atoms with E-state index in [1.165, 1.54) is 0 Å². The molecule has 0 saturated heterocycles. The van der Waals surface area contributed by atoms with Crippen molar-refractivity contribution >= 4 is 11.8 Å². The summed E-state index contributed by atoms with van der Waals surface area (Å²) < 4.78 is 4.50. The number of nitrogens with zero attached hydrogens (tertiary/aromatic N) is 1. The monoisotopic (exact) mass is 167 g/mol. The maximum Gasteiger partial charge on any atom is 0.375 e. The highest BCUT2D eigenvalue weighted by atomic mass is 16.5. The fourth-order valence-electron chi connectivity index (χ4n) is 1.28. The Kier molecular flexibility index (Phi) is 1.27. The number of carbonyl (C=O) groups excluding carboxylic acids is 1. The van der Waals surface area contributed by atoms with E-state index in [2.05, 4.69) is 9.68 Å². The minimum absolute atomic E-state index is 0.155. The standard InChI is InChI=1S/C7H5NO4/c9-4-2-1-3-5(4)6(7(10)11)12-8-3/h1-2H2,(H,10,11). The number of carboxylic acid groups (broad SMARTS) is 1. The third-order valence-electron chi connectivity index (χ3n) is 1.82. The van der Waals surface area contributed by atoms with Gasteiger partial charge in [0.25, 0.3) is 5.76 Å². The van der Waals surface area contributed by atoms with Crippen LogP contribution in [-0.2, 0) is 6.42 Å². The lowest BCUT2D eigenvalue weighted by Crippen LogP contribution is -2.02. The number of ketones is 1. The summed E-state index contributed by atoms with van der Waals surface area (Å²) >= 11 is 0. The van der Waals surface area contributed by atoms with Crippen LogP contribution >= 0.6 is 0 Å². The molecule has 12 heavy (non-hydrogen) atoms. The molecule has 0 unspecified atom stereocenters. The number of hydrogen-bond donors (Lipinski definition) is 1. The zero-order valence-corrected chi connectivity index (χ0v) is 6.03. The molecule has 1 heterocycles. The van der Waals surface area contributed by atoms with Gasteiger partial charge in [-0.1, -0.05) is 5.16 Å². The number of aromatic nitrogens is 1. The van der Waals surface area contributed by atoms with Gasteiger partial charge in [-0.05, 0) is 0 Å². The smallest absolute Gasteiger partial charge is 0.375 e. The Balaban J connectivity index is 2.60. The first-order valence-electron chi connectivity index (χ1n) is 3.45. The van der Waals surface area contributed by atoms with E-state index in [4.69, 9.17) is 5.11 Å². The molecule has 0 aromatic carbocycles. The molecule has 0 atom stereocenters. The topological polar surface area (TPSA) is 80.4 Å². The van der Waals surface area contributed by atoms with Crippen LogP contribution in [0.3, 0.4) is 0 Å². The van der Waals surface area contributed by atoms with Crippen molar-refractivity contribution in [2.45, 2.75) is 12.8 Å². The SMILES string of the molecule is O=C(O)c1onc2c1C(=O)CC2. The molecule has 5 heteroatoms. The molecule has 2 rings (SSSR count). The molecule has 0 bridgehead atoms. The van der Waals surface area contributed by atoms with Gasteiger partial charge in [-0.25, -0.2) is 4.79 Å². The lowest BCUT2D eigenvalue weighted by atomic mass is 10.2. The first kappa shape index (κ1) is 7.02. The van der Waals surface area contributed by atoms with E-state index in [-0.39, 0.29) is 17.1 Å². The molecule has 1 N–H and O–H groups in total. The van der Waals surface area contributed by atoms with Gasteiger partial charge in [-0.15, -0.1) is 0 Å². The first-order chi connectivity index (χ1) is 5.70. The second-order valence-electron chi connectivity index (χ2n) is 2.56. The number of Topliss-reactive ketones (excluding diaryl/α,β-unsaturated/α-hetero) is 1. The molecule has 1 aliphatic rings. The third-order valence-corrected chi connectivity index (χ3v) is 1.82. The molecular formula is C7H5NO4. The summed E-state index contributed by atoms with van der Waals surface area (Å²) in [6.45, 7) is 0. The van der Waals surface area contributed by atoms with Crippen LogP contribution in [0.25, 0.3) is 0 Å². The van der Waals surface area contributed by atoms with Crippen molar-refractivity contribution in [2.24, 2.45) is 0 Å². The van der Waals surface area contributed by atoms with E-state index in [0.717, 1.165) is 0 Å². The summed E-state index contributed by atoms with van der Waals surface area (Å²) in [5, 5.41) is 12.1. The number of rotatable bonds is 1. The summed E-state index contributed by atoms with van der Waals surface area (Å²) in [6.07, 6.45) is 0.833. The molecule has 1 aromatic rings. The van der Waals surface area contributed by atoms with Gasteiger partial charge in [0.1, 0.15) is 0 Å². The van der Waals surface area contributed by atoms with Crippen LogP contribution in [0.4, 0.5) is 0 Å². The predicted octanol–water partition coefficient (Wildman–Crippen LogP) is 0.502. The molecule has 0 spiro atoms. The second kappa shape index (κ2) is 2.17. The molecule has 1 aliphatic carbocycles. The van der Waals surface area contributed by atoms with Crippen LogP contribution in [0.5, 0.6) is 0 Å². The van der Waals surface area contributed by atoms with Gasteiger partial charge < -0.3 is 9.63 Å². The van der Waals surface area contributed by atoms with Crippen LogP contribution < -0.4 is 0 Å². The summed E-state index contributed by atoms with van der Waals surface area (Å²) in [6, 6.07) is 0. The maximum absolute atomic E-state index is 11.1. The zero-order valence-electron chi connectivity index (χ0n) is 6.03. The Bertz CT molecular complexity index is 365. The summed E-state index contributed by atoms with van der Waals surface area (Å²) in [5.74, 6) is -1.75. The first-order valence-corrected chi connectivity index (χ1v) is 3.45. The van der Waals surface area contributed by atoms with Crippen molar-refractivity contribution in [3.63, 3.8) is 0 Å². The Morgan fingerprint density at radius 2 is 2.25 bits per heavy atom. The Labute approximate surface area is 67.0 Å². The molecular weight excluding hydrogens is 162 g/mol. The number of carboxylic acids is 1. The van der Waals surface area contributed by atoms with E-state index in [9.17, 15) is 9.59 Å². The molecule has 0 saturated carbocycles. The molecule has 0 radical (unpaired) electrons. The zero-order chi connectivity index (χ0) is 8.72. The van der Waals surface area contributed by atoms with Crippen LogP contribution in [-0.4, -0.2) is 22.0 Å². The van der Waals surface area contributed by atoms with E-state index >= 15 is 0 Å². The van der Waals surface area contributed by atoms with Crippen molar-refractivity contribution in [3.05, 3.63) is 17.0 Å². The van der Waals surface area contributed by atoms with Crippen molar-refractivity contribution in [2.75, 3.05) is 0 Å². The van der Waals surface area contributed by atoms with Gasteiger partial charge >= 0.3 is 5.97 Å². The highest BCUT2D eigenvalue weighted by Crippen LogP contribution is 2.24. The predicted molar refractivity (Wildman–Crippen MR) is 36.1 cm³/mol. The van der Waals surface area contributed by atoms with Crippen molar-refractivity contribution in [3.8, 4) is 0 Å².